The predicted molar refractivity (Wildman–Crippen MR) is 88.6 cm³/mol. The lowest BCUT2D eigenvalue weighted by Crippen LogP contribution is -2.38. The molecule has 0 aromatic carbocycles. The second-order valence-electron chi connectivity index (χ2n) is 5.91. The number of hydrogen-bond donors (Lipinski definition) is 2. The lowest BCUT2D eigenvalue weighted by Gasteiger charge is -2.27. The molecule has 6 nitrogen and oxygen atoms in total. The van der Waals surface area contributed by atoms with Crippen molar-refractivity contribution in [1.29, 1.82) is 0 Å². The van der Waals surface area contributed by atoms with E-state index >= 15 is 0 Å². The summed E-state index contributed by atoms with van der Waals surface area (Å²) in [7, 11) is 0. The molecular weight excluding hydrogens is 294 g/mol. The maximum absolute atomic E-state index is 12.7. The van der Waals surface area contributed by atoms with Crippen LogP contribution in [0.15, 0.2) is 34.0 Å². The number of amides is 1. The van der Waals surface area contributed by atoms with Crippen molar-refractivity contribution in [2.75, 3.05) is 0 Å². The summed E-state index contributed by atoms with van der Waals surface area (Å²) < 4.78 is 0. The van der Waals surface area contributed by atoms with Gasteiger partial charge in [-0.2, -0.15) is 0 Å². The lowest BCUT2D eigenvalue weighted by molar-refractivity contribution is 0.0689. The van der Waals surface area contributed by atoms with Gasteiger partial charge in [0, 0.05) is 35.1 Å². The van der Waals surface area contributed by atoms with Crippen molar-refractivity contribution < 1.29 is 4.79 Å². The molecule has 2 N–H and O–H groups in total. The van der Waals surface area contributed by atoms with Gasteiger partial charge >= 0.3 is 0 Å². The minimum absolute atomic E-state index is 0.109. The highest BCUT2D eigenvalue weighted by molar-refractivity contribution is 5.94. The fraction of sp³-hybridized carbons (Fsp3) is 0.353. The van der Waals surface area contributed by atoms with E-state index in [-0.39, 0.29) is 29.6 Å². The molecular formula is C17H21N3O3. The van der Waals surface area contributed by atoms with Crippen LogP contribution in [0.5, 0.6) is 0 Å². The van der Waals surface area contributed by atoms with Crippen LogP contribution < -0.4 is 11.1 Å². The molecule has 1 amide bonds. The maximum atomic E-state index is 12.7. The molecule has 0 saturated carbocycles. The molecule has 0 bridgehead atoms. The molecule has 2 aromatic heterocycles. The molecule has 2 aromatic rings. The van der Waals surface area contributed by atoms with E-state index < -0.39 is 0 Å². The Morgan fingerprint density at radius 2 is 1.91 bits per heavy atom. The van der Waals surface area contributed by atoms with Crippen LogP contribution in [0.2, 0.25) is 0 Å². The summed E-state index contributed by atoms with van der Waals surface area (Å²) in [5.74, 6) is -0.273. The van der Waals surface area contributed by atoms with Gasteiger partial charge < -0.3 is 14.9 Å². The quantitative estimate of drug-likeness (QED) is 0.901. The van der Waals surface area contributed by atoms with Crippen molar-refractivity contribution >= 4 is 5.91 Å². The van der Waals surface area contributed by atoms with Gasteiger partial charge in [-0.1, -0.05) is 0 Å². The largest absolute Gasteiger partial charge is 0.332 e. The van der Waals surface area contributed by atoms with Crippen LogP contribution in [0.25, 0.3) is 0 Å². The molecule has 2 heterocycles. The third kappa shape index (κ3) is 3.77. The first-order valence-electron chi connectivity index (χ1n) is 7.48. The van der Waals surface area contributed by atoms with E-state index in [2.05, 4.69) is 9.97 Å². The average molecular weight is 315 g/mol. The number of aromatic nitrogens is 2. The Labute approximate surface area is 134 Å². The summed E-state index contributed by atoms with van der Waals surface area (Å²) in [5, 5.41) is 0. The number of carbonyl (C=O) groups is 1. The zero-order valence-corrected chi connectivity index (χ0v) is 13.8. The second kappa shape index (κ2) is 6.64. The summed E-state index contributed by atoms with van der Waals surface area (Å²) in [5.41, 5.74) is 1.98. The predicted octanol–water partition coefficient (Wildman–Crippen LogP) is 1.73. The van der Waals surface area contributed by atoms with E-state index in [0.29, 0.717) is 11.1 Å². The van der Waals surface area contributed by atoms with Gasteiger partial charge in [0.15, 0.2) is 0 Å². The highest BCUT2D eigenvalue weighted by Gasteiger charge is 2.21. The highest BCUT2D eigenvalue weighted by atomic mass is 16.2. The Balaban J connectivity index is 2.39. The zero-order valence-electron chi connectivity index (χ0n) is 13.8. The van der Waals surface area contributed by atoms with Gasteiger partial charge in [-0.15, -0.1) is 0 Å². The number of hydrogen-bond acceptors (Lipinski definition) is 3. The number of pyridine rings is 2. The fourth-order valence-electron chi connectivity index (χ4n) is 2.48. The smallest absolute Gasteiger partial charge is 0.254 e. The second-order valence-corrected chi connectivity index (χ2v) is 5.91. The summed E-state index contributed by atoms with van der Waals surface area (Å²) in [4.78, 5) is 43.1. The first kappa shape index (κ1) is 16.7. The van der Waals surface area contributed by atoms with E-state index in [1.807, 2.05) is 33.8 Å². The maximum Gasteiger partial charge on any atom is 0.254 e. The SMILES string of the molecule is Cc1cc(C)c(CN(C(=O)c2cc[nH]c(=O)c2)C(C)C)c(=O)[nH]1. The average Bonchev–Trinajstić information content (AvgIpc) is 2.45. The van der Waals surface area contributed by atoms with Crippen LogP contribution in [-0.4, -0.2) is 26.8 Å². The summed E-state index contributed by atoms with van der Waals surface area (Å²) >= 11 is 0. The molecule has 0 unspecified atom stereocenters. The molecule has 0 aliphatic heterocycles. The molecule has 6 heteroatoms. The Hall–Kier alpha value is -2.63. The number of rotatable bonds is 4. The number of nitrogens with one attached hydrogen (secondary N) is 2. The monoisotopic (exact) mass is 315 g/mol. The van der Waals surface area contributed by atoms with Crippen molar-refractivity contribution in [2.24, 2.45) is 0 Å². The van der Waals surface area contributed by atoms with E-state index in [4.69, 9.17) is 0 Å². The molecule has 0 atom stereocenters. The fourth-order valence-corrected chi connectivity index (χ4v) is 2.48. The topological polar surface area (TPSA) is 86.0 Å². The van der Waals surface area contributed by atoms with E-state index in [1.54, 1.807) is 11.0 Å². The number of aromatic amines is 2. The summed E-state index contributed by atoms with van der Waals surface area (Å²) in [6.45, 7) is 7.63. The normalized spacial score (nSPS) is 10.8. The number of carbonyl (C=O) groups excluding carboxylic acids is 1. The molecule has 2 rings (SSSR count). The van der Waals surface area contributed by atoms with Crippen LogP contribution in [0.4, 0.5) is 0 Å². The molecule has 0 spiro atoms. The summed E-state index contributed by atoms with van der Waals surface area (Å²) in [6.07, 6.45) is 1.44. The standard InChI is InChI=1S/C17H21N3O3/c1-10(2)20(17(23)13-5-6-18-15(21)8-13)9-14-11(3)7-12(4)19-16(14)22/h5-8,10H,9H2,1-4H3,(H,18,21)(H,19,22). The Morgan fingerprint density at radius 3 is 2.48 bits per heavy atom. The van der Waals surface area contributed by atoms with Gasteiger partial charge in [-0.05, 0) is 45.4 Å². The van der Waals surface area contributed by atoms with Gasteiger partial charge in [0.05, 0.1) is 6.54 Å². The van der Waals surface area contributed by atoms with Crippen molar-refractivity contribution in [3.63, 3.8) is 0 Å². The van der Waals surface area contributed by atoms with E-state index in [1.165, 1.54) is 12.3 Å². The number of nitrogens with zero attached hydrogens (tertiary/aromatic N) is 1. The molecule has 122 valence electrons. The first-order valence-corrected chi connectivity index (χ1v) is 7.48. The lowest BCUT2D eigenvalue weighted by atomic mass is 10.1. The van der Waals surface area contributed by atoms with E-state index in [0.717, 1.165) is 11.3 Å². The number of aryl methyl sites for hydroxylation is 2. The van der Waals surface area contributed by atoms with Crippen molar-refractivity contribution in [3.8, 4) is 0 Å². The molecule has 0 radical (unpaired) electrons. The highest BCUT2D eigenvalue weighted by Crippen LogP contribution is 2.13. The van der Waals surface area contributed by atoms with Gasteiger partial charge in [0.1, 0.15) is 0 Å². The Kier molecular flexibility index (Phi) is 4.83. The molecule has 0 aliphatic carbocycles. The first-order chi connectivity index (χ1) is 10.8. The Bertz CT molecular complexity index is 833. The van der Waals surface area contributed by atoms with Gasteiger partial charge in [0.2, 0.25) is 5.56 Å². The van der Waals surface area contributed by atoms with Crippen molar-refractivity contribution in [2.45, 2.75) is 40.3 Å². The minimum atomic E-state index is -0.330. The molecule has 23 heavy (non-hydrogen) atoms. The zero-order chi connectivity index (χ0) is 17.1. The van der Waals surface area contributed by atoms with Crippen LogP contribution in [0, 0.1) is 13.8 Å². The van der Waals surface area contributed by atoms with Crippen LogP contribution in [-0.2, 0) is 6.54 Å². The van der Waals surface area contributed by atoms with Crippen molar-refractivity contribution in [1.82, 2.24) is 14.9 Å². The summed E-state index contributed by atoms with van der Waals surface area (Å²) in [6, 6.07) is 4.60. The molecule has 0 aliphatic rings. The van der Waals surface area contributed by atoms with Gasteiger partial charge in [0.25, 0.3) is 11.5 Å². The van der Waals surface area contributed by atoms with Gasteiger partial charge in [-0.25, -0.2) is 0 Å². The molecule has 0 saturated heterocycles. The minimum Gasteiger partial charge on any atom is -0.332 e. The number of H-pyrrole nitrogens is 2. The van der Waals surface area contributed by atoms with Gasteiger partial charge in [-0.3, -0.25) is 14.4 Å². The van der Waals surface area contributed by atoms with Crippen LogP contribution in [0.3, 0.4) is 0 Å². The van der Waals surface area contributed by atoms with E-state index in [9.17, 15) is 14.4 Å². The van der Waals surface area contributed by atoms with Crippen molar-refractivity contribution in [3.05, 3.63) is 67.5 Å². The third-order valence-corrected chi connectivity index (χ3v) is 3.73. The third-order valence-electron chi connectivity index (χ3n) is 3.73. The van der Waals surface area contributed by atoms with Crippen LogP contribution >= 0.6 is 0 Å². The Morgan fingerprint density at radius 1 is 1.22 bits per heavy atom. The molecule has 0 fully saturated rings. The van der Waals surface area contributed by atoms with Crippen LogP contribution in [0.1, 0.15) is 41.0 Å².